The van der Waals surface area contributed by atoms with Crippen LogP contribution in [0.2, 0.25) is 5.02 Å². The van der Waals surface area contributed by atoms with Gasteiger partial charge in [0.15, 0.2) is 0 Å². The van der Waals surface area contributed by atoms with Crippen molar-refractivity contribution in [2.75, 3.05) is 13.1 Å². The van der Waals surface area contributed by atoms with E-state index in [9.17, 15) is 19.7 Å². The van der Waals surface area contributed by atoms with E-state index in [0.29, 0.717) is 25.3 Å². The van der Waals surface area contributed by atoms with E-state index >= 15 is 0 Å². The van der Waals surface area contributed by atoms with Crippen molar-refractivity contribution in [2.45, 2.75) is 38.6 Å². The fourth-order valence-corrected chi connectivity index (χ4v) is 3.82. The summed E-state index contributed by atoms with van der Waals surface area (Å²) in [4.78, 5) is 37.7. The molecule has 0 radical (unpaired) electrons. The number of nitrogens with zero attached hydrogens (tertiary/aromatic N) is 5. The lowest BCUT2D eigenvalue weighted by Gasteiger charge is -2.32. The van der Waals surface area contributed by atoms with E-state index in [1.54, 1.807) is 16.5 Å². The third-order valence-corrected chi connectivity index (χ3v) is 5.19. The molecule has 28 heavy (non-hydrogen) atoms. The molecular weight excluding hydrogens is 386 g/mol. The van der Waals surface area contributed by atoms with Gasteiger partial charge in [-0.15, -0.1) is 0 Å². The molecule has 1 aliphatic heterocycles. The van der Waals surface area contributed by atoms with Crippen molar-refractivity contribution in [2.24, 2.45) is 7.05 Å². The van der Waals surface area contributed by atoms with Crippen molar-refractivity contribution in [3.63, 3.8) is 0 Å². The molecule has 1 unspecified atom stereocenters. The minimum Gasteiger partial charge on any atom is -0.338 e. The first-order chi connectivity index (χ1) is 13.2. The lowest BCUT2D eigenvalue weighted by molar-refractivity contribution is -0.385. The van der Waals surface area contributed by atoms with E-state index in [2.05, 4.69) is 5.10 Å². The van der Waals surface area contributed by atoms with Crippen molar-refractivity contribution < 1.29 is 9.72 Å². The second-order valence-corrected chi connectivity index (χ2v) is 7.67. The summed E-state index contributed by atoms with van der Waals surface area (Å²) in [5.41, 5.74) is -0.493. The third kappa shape index (κ3) is 3.66. The van der Waals surface area contributed by atoms with E-state index < -0.39 is 10.8 Å². The number of nitro benzene ring substituents is 1. The van der Waals surface area contributed by atoms with Gasteiger partial charge in [-0.1, -0.05) is 11.6 Å². The van der Waals surface area contributed by atoms with Gasteiger partial charge in [0.1, 0.15) is 11.4 Å². The Morgan fingerprint density at radius 3 is 2.75 bits per heavy atom. The number of benzene rings is 1. The zero-order valence-electron chi connectivity index (χ0n) is 16.0. The summed E-state index contributed by atoms with van der Waals surface area (Å²) in [6, 6.07) is 3.91. The van der Waals surface area contributed by atoms with Crippen LogP contribution in [0.5, 0.6) is 0 Å². The Morgan fingerprint density at radius 2 is 2.11 bits per heavy atom. The lowest BCUT2D eigenvalue weighted by atomic mass is 9.96. The number of rotatable bonds is 4. The lowest BCUT2D eigenvalue weighted by Crippen LogP contribution is -2.40. The minimum atomic E-state index is -0.583. The number of aromatic nitrogens is 3. The molecule has 2 aromatic rings. The van der Waals surface area contributed by atoms with Crippen LogP contribution in [0.15, 0.2) is 23.0 Å². The molecule has 0 aliphatic carbocycles. The SMILES string of the molecule is CC(C)n1c(C2CCCN(C(=O)c3cc(Cl)ccc3[N+](=O)[O-])C2)nn(C)c1=O. The van der Waals surface area contributed by atoms with E-state index in [4.69, 9.17) is 11.6 Å². The Balaban J connectivity index is 1.92. The summed E-state index contributed by atoms with van der Waals surface area (Å²) in [6.45, 7) is 4.64. The van der Waals surface area contributed by atoms with Gasteiger partial charge in [0.25, 0.3) is 11.6 Å². The van der Waals surface area contributed by atoms with Gasteiger partial charge in [-0.2, -0.15) is 5.10 Å². The van der Waals surface area contributed by atoms with Gasteiger partial charge in [-0.25, -0.2) is 9.48 Å². The second-order valence-electron chi connectivity index (χ2n) is 7.24. The number of hydrogen-bond acceptors (Lipinski definition) is 5. The van der Waals surface area contributed by atoms with Crippen molar-refractivity contribution in [3.8, 4) is 0 Å². The number of carbonyl (C=O) groups excluding carboxylic acids is 1. The molecule has 1 atom stereocenters. The molecule has 0 N–H and O–H groups in total. The summed E-state index contributed by atoms with van der Waals surface area (Å²) >= 11 is 5.96. The highest BCUT2D eigenvalue weighted by Crippen LogP contribution is 2.30. The van der Waals surface area contributed by atoms with Crippen LogP contribution in [-0.4, -0.2) is 43.2 Å². The molecular formula is C18H22ClN5O4. The Bertz CT molecular complexity index is 981. The number of halogens is 1. The van der Waals surface area contributed by atoms with Crippen molar-refractivity contribution in [3.05, 3.63) is 55.2 Å². The average Bonchev–Trinajstić information content (AvgIpc) is 2.96. The maximum absolute atomic E-state index is 13.0. The Morgan fingerprint density at radius 1 is 1.39 bits per heavy atom. The summed E-state index contributed by atoms with van der Waals surface area (Å²) in [7, 11) is 1.60. The average molecular weight is 408 g/mol. The number of likely N-dealkylation sites (tertiary alicyclic amines) is 1. The molecule has 0 bridgehead atoms. The number of amides is 1. The highest BCUT2D eigenvalue weighted by atomic mass is 35.5. The van der Waals surface area contributed by atoms with Crippen LogP contribution < -0.4 is 5.69 Å². The smallest absolute Gasteiger partial charge is 0.338 e. The molecule has 9 nitrogen and oxygen atoms in total. The van der Waals surface area contributed by atoms with E-state index in [1.807, 2.05) is 13.8 Å². The van der Waals surface area contributed by atoms with E-state index in [0.717, 1.165) is 6.42 Å². The Kier molecular flexibility index (Phi) is 5.55. The molecule has 2 heterocycles. The van der Waals surface area contributed by atoms with Crippen LogP contribution in [0.4, 0.5) is 5.69 Å². The first-order valence-corrected chi connectivity index (χ1v) is 9.47. The minimum absolute atomic E-state index is 0.0274. The van der Waals surface area contributed by atoms with E-state index in [-0.39, 0.29) is 33.9 Å². The van der Waals surface area contributed by atoms with Gasteiger partial charge in [0, 0.05) is 43.2 Å². The molecule has 0 spiro atoms. The number of aryl methyl sites for hydroxylation is 1. The van der Waals surface area contributed by atoms with Crippen molar-refractivity contribution in [1.29, 1.82) is 0 Å². The number of hydrogen-bond donors (Lipinski definition) is 0. The first-order valence-electron chi connectivity index (χ1n) is 9.09. The molecule has 1 aliphatic rings. The summed E-state index contributed by atoms with van der Waals surface area (Å²) in [5, 5.41) is 16.0. The van der Waals surface area contributed by atoms with Crippen LogP contribution in [0.1, 0.15) is 54.8 Å². The topological polar surface area (TPSA) is 103 Å². The Hall–Kier alpha value is -2.68. The zero-order valence-corrected chi connectivity index (χ0v) is 16.7. The maximum atomic E-state index is 13.0. The van der Waals surface area contributed by atoms with Gasteiger partial charge >= 0.3 is 5.69 Å². The van der Waals surface area contributed by atoms with Crippen LogP contribution >= 0.6 is 11.6 Å². The van der Waals surface area contributed by atoms with Gasteiger partial charge in [0.2, 0.25) is 0 Å². The number of piperidine rings is 1. The van der Waals surface area contributed by atoms with Gasteiger partial charge < -0.3 is 4.90 Å². The molecule has 3 rings (SSSR count). The zero-order chi connectivity index (χ0) is 20.6. The molecule has 1 amide bonds. The largest absolute Gasteiger partial charge is 0.345 e. The van der Waals surface area contributed by atoms with Gasteiger partial charge in [0.05, 0.1) is 4.92 Å². The van der Waals surface area contributed by atoms with Crippen LogP contribution in [0.3, 0.4) is 0 Å². The number of carbonyl (C=O) groups is 1. The highest BCUT2D eigenvalue weighted by Gasteiger charge is 2.32. The van der Waals surface area contributed by atoms with Gasteiger partial charge in [-0.3, -0.25) is 19.5 Å². The third-order valence-electron chi connectivity index (χ3n) is 4.96. The van der Waals surface area contributed by atoms with Crippen molar-refractivity contribution >= 4 is 23.2 Å². The fourth-order valence-electron chi connectivity index (χ4n) is 3.64. The quantitative estimate of drug-likeness (QED) is 0.572. The molecule has 1 aromatic heterocycles. The summed E-state index contributed by atoms with van der Waals surface area (Å²) < 4.78 is 2.94. The summed E-state index contributed by atoms with van der Waals surface area (Å²) in [5.74, 6) is 0.0844. The van der Waals surface area contributed by atoms with Crippen LogP contribution in [-0.2, 0) is 7.05 Å². The second kappa shape index (κ2) is 7.75. The normalized spacial score (nSPS) is 17.2. The molecule has 1 aromatic carbocycles. The monoisotopic (exact) mass is 407 g/mol. The molecule has 1 saturated heterocycles. The molecule has 10 heteroatoms. The molecule has 150 valence electrons. The molecule has 0 saturated carbocycles. The van der Waals surface area contributed by atoms with Crippen molar-refractivity contribution in [1.82, 2.24) is 19.2 Å². The standard InChI is InChI=1S/C18H22ClN5O4/c1-11(2)23-16(20-21(3)18(23)26)12-5-4-8-22(10-12)17(25)14-9-13(19)6-7-15(14)24(27)28/h6-7,9,11-12H,4-5,8,10H2,1-3H3. The fraction of sp³-hybridized carbons (Fsp3) is 0.500. The van der Waals surface area contributed by atoms with Gasteiger partial charge in [-0.05, 0) is 38.8 Å². The maximum Gasteiger partial charge on any atom is 0.345 e. The van der Waals surface area contributed by atoms with Crippen LogP contribution in [0, 0.1) is 10.1 Å². The predicted octanol–water partition coefficient (Wildman–Crippen LogP) is 2.74. The highest BCUT2D eigenvalue weighted by molar-refractivity contribution is 6.31. The first kappa shape index (κ1) is 20.1. The number of nitro groups is 1. The molecule has 1 fully saturated rings. The Labute approximate surface area is 166 Å². The predicted molar refractivity (Wildman–Crippen MR) is 104 cm³/mol. The van der Waals surface area contributed by atoms with E-state index in [1.165, 1.54) is 22.9 Å². The van der Waals surface area contributed by atoms with Crippen LogP contribution in [0.25, 0.3) is 0 Å². The summed E-state index contributed by atoms with van der Waals surface area (Å²) in [6.07, 6.45) is 1.50.